The Balaban J connectivity index is 1.67. The van der Waals surface area contributed by atoms with E-state index < -0.39 is 11.5 Å². The maximum absolute atomic E-state index is 13.8. The van der Waals surface area contributed by atoms with Gasteiger partial charge in [0.15, 0.2) is 5.69 Å². The average Bonchev–Trinajstić information content (AvgIpc) is 3.23. The molecule has 0 spiro atoms. The maximum Gasteiger partial charge on any atom is 0.358 e. The number of hydrogen-bond donors (Lipinski definition) is 1. The van der Waals surface area contributed by atoms with Crippen LogP contribution in [-0.2, 0) is 22.6 Å². The number of carbonyl (C=O) groups excluding carboxylic acids is 3. The molecule has 0 bridgehead atoms. The molecule has 0 radical (unpaired) electrons. The highest BCUT2D eigenvalue weighted by Gasteiger charge is 2.48. The molecule has 8 nitrogen and oxygen atoms in total. The fraction of sp³-hybridized carbons (Fsp3) is 0.556. The Hall–Kier alpha value is -3.16. The van der Waals surface area contributed by atoms with Gasteiger partial charge >= 0.3 is 5.97 Å². The number of nitrogens with one attached hydrogen (secondary N) is 1. The Labute approximate surface area is 207 Å². The highest BCUT2D eigenvalue weighted by Crippen LogP contribution is 2.31. The van der Waals surface area contributed by atoms with Crippen LogP contribution in [0, 0.1) is 6.92 Å². The summed E-state index contributed by atoms with van der Waals surface area (Å²) in [4.78, 5) is 41.5. The molecule has 1 fully saturated rings. The Morgan fingerprint density at radius 3 is 2.51 bits per heavy atom. The van der Waals surface area contributed by atoms with E-state index in [1.165, 1.54) is 30.0 Å². The van der Waals surface area contributed by atoms with Gasteiger partial charge in [-0.3, -0.25) is 14.3 Å². The van der Waals surface area contributed by atoms with Gasteiger partial charge in [0.25, 0.3) is 5.91 Å². The topological polar surface area (TPSA) is 93.5 Å². The van der Waals surface area contributed by atoms with Crippen molar-refractivity contribution in [2.45, 2.75) is 90.4 Å². The normalized spacial score (nSPS) is 21.1. The lowest BCUT2D eigenvalue weighted by Crippen LogP contribution is -2.64. The number of fused-ring (bicyclic) bond motifs is 1. The van der Waals surface area contributed by atoms with Crippen LogP contribution in [0.4, 0.5) is 0 Å². The molecule has 35 heavy (non-hydrogen) atoms. The van der Waals surface area contributed by atoms with E-state index in [2.05, 4.69) is 10.4 Å². The number of aryl methyl sites for hydroxylation is 1. The number of ether oxygens (including phenoxy) is 1. The number of esters is 1. The summed E-state index contributed by atoms with van der Waals surface area (Å²) in [6.45, 7) is 6.20. The van der Waals surface area contributed by atoms with Crippen molar-refractivity contribution in [1.82, 2.24) is 20.0 Å². The van der Waals surface area contributed by atoms with E-state index >= 15 is 0 Å². The molecular formula is C27H36N4O4. The van der Waals surface area contributed by atoms with Gasteiger partial charge < -0.3 is 15.0 Å². The smallest absolute Gasteiger partial charge is 0.358 e. The Morgan fingerprint density at radius 1 is 1.14 bits per heavy atom. The molecule has 8 heteroatoms. The number of carbonyl (C=O) groups is 3. The molecule has 2 heterocycles. The summed E-state index contributed by atoms with van der Waals surface area (Å²) < 4.78 is 6.57. The van der Waals surface area contributed by atoms with Crippen LogP contribution in [0.15, 0.2) is 30.3 Å². The summed E-state index contributed by atoms with van der Waals surface area (Å²) >= 11 is 0. The lowest BCUT2D eigenvalue weighted by molar-refractivity contribution is -0.134. The second kappa shape index (κ2) is 10.6. The predicted octanol–water partition coefficient (Wildman–Crippen LogP) is 4.01. The van der Waals surface area contributed by atoms with Crippen LogP contribution in [-0.4, -0.2) is 50.7 Å². The molecule has 1 aliphatic carbocycles. The quantitative estimate of drug-likeness (QED) is 0.631. The van der Waals surface area contributed by atoms with Gasteiger partial charge in [0.05, 0.1) is 13.2 Å². The molecule has 2 aromatic rings. The first-order valence-corrected chi connectivity index (χ1v) is 12.8. The van der Waals surface area contributed by atoms with E-state index in [9.17, 15) is 14.4 Å². The largest absolute Gasteiger partial charge is 0.461 e. The first-order chi connectivity index (χ1) is 16.8. The highest BCUT2D eigenvalue weighted by atomic mass is 16.5. The van der Waals surface area contributed by atoms with Crippen molar-refractivity contribution in [3.8, 4) is 0 Å². The van der Waals surface area contributed by atoms with Crippen molar-refractivity contribution in [2.75, 3.05) is 6.61 Å². The summed E-state index contributed by atoms with van der Waals surface area (Å²) in [5.74, 6) is -1.07. The Kier molecular flexibility index (Phi) is 7.57. The third-order valence-electron chi connectivity index (χ3n) is 7.30. The summed E-state index contributed by atoms with van der Waals surface area (Å²) in [6.07, 6.45) is 7.73. The molecular weight excluding hydrogens is 444 g/mol. The van der Waals surface area contributed by atoms with Gasteiger partial charge in [-0.25, -0.2) is 4.79 Å². The van der Waals surface area contributed by atoms with Crippen LogP contribution >= 0.6 is 0 Å². The summed E-state index contributed by atoms with van der Waals surface area (Å²) in [5, 5.41) is 7.61. The minimum absolute atomic E-state index is 0.0794. The minimum Gasteiger partial charge on any atom is -0.461 e. The van der Waals surface area contributed by atoms with E-state index in [1.807, 2.05) is 31.2 Å². The van der Waals surface area contributed by atoms with Crippen molar-refractivity contribution >= 4 is 17.8 Å². The first kappa shape index (κ1) is 24.9. The Bertz CT molecular complexity index is 1090. The third-order valence-corrected chi connectivity index (χ3v) is 7.30. The molecule has 1 aliphatic heterocycles. The van der Waals surface area contributed by atoms with Gasteiger partial charge in [-0.15, -0.1) is 0 Å². The maximum atomic E-state index is 13.8. The summed E-state index contributed by atoms with van der Waals surface area (Å²) in [5.41, 5.74) is 1.24. The number of benzene rings is 1. The average molecular weight is 481 g/mol. The second-order valence-electron chi connectivity index (χ2n) is 9.90. The van der Waals surface area contributed by atoms with E-state index in [1.54, 1.807) is 18.7 Å². The third kappa shape index (κ3) is 5.26. The molecule has 2 aliphatic rings. The van der Waals surface area contributed by atoms with E-state index in [0.29, 0.717) is 6.54 Å². The van der Waals surface area contributed by atoms with E-state index in [0.717, 1.165) is 36.8 Å². The predicted molar refractivity (Wildman–Crippen MR) is 132 cm³/mol. The SMILES string of the molecule is CCOC(=O)c1cc2n(n1)C[C@@](C)(C(=O)NC1CCCCCCC1)N(Cc1ccccc1C)C2=O. The monoisotopic (exact) mass is 480 g/mol. The van der Waals surface area contributed by atoms with Crippen LogP contribution in [0.3, 0.4) is 0 Å². The van der Waals surface area contributed by atoms with Crippen LogP contribution in [0.25, 0.3) is 0 Å². The van der Waals surface area contributed by atoms with Crippen LogP contribution < -0.4 is 5.32 Å². The van der Waals surface area contributed by atoms with E-state index in [-0.39, 0.29) is 42.4 Å². The van der Waals surface area contributed by atoms with Gasteiger partial charge in [0.1, 0.15) is 11.2 Å². The van der Waals surface area contributed by atoms with Crippen molar-refractivity contribution in [3.05, 3.63) is 52.8 Å². The van der Waals surface area contributed by atoms with Crippen molar-refractivity contribution < 1.29 is 19.1 Å². The molecule has 1 N–H and O–H groups in total. The number of aromatic nitrogens is 2. The molecule has 0 unspecified atom stereocenters. The fourth-order valence-electron chi connectivity index (χ4n) is 5.09. The molecule has 1 atom stereocenters. The van der Waals surface area contributed by atoms with Gasteiger partial charge in [-0.1, -0.05) is 56.4 Å². The fourth-order valence-corrected chi connectivity index (χ4v) is 5.09. The van der Waals surface area contributed by atoms with Gasteiger partial charge in [-0.05, 0) is 44.7 Å². The molecule has 4 rings (SSSR count). The number of hydrogen-bond acceptors (Lipinski definition) is 5. The second-order valence-corrected chi connectivity index (χ2v) is 9.90. The molecule has 1 aromatic carbocycles. The van der Waals surface area contributed by atoms with Gasteiger partial charge in [-0.2, -0.15) is 5.10 Å². The van der Waals surface area contributed by atoms with Crippen molar-refractivity contribution in [3.63, 3.8) is 0 Å². The van der Waals surface area contributed by atoms with Crippen LogP contribution in [0.2, 0.25) is 0 Å². The molecule has 1 saturated carbocycles. The standard InChI is InChI=1S/C27H36N4O4/c1-4-35-25(33)22-16-23-24(32)30(17-20-13-11-10-12-19(20)2)27(3,18-31(23)29-22)26(34)28-21-14-8-6-5-7-9-15-21/h10-13,16,21H,4-9,14-15,17-18H2,1-3H3,(H,28,34)/t27-/m0/s1. The zero-order valence-corrected chi connectivity index (χ0v) is 21.0. The van der Waals surface area contributed by atoms with Gasteiger partial charge in [0.2, 0.25) is 5.91 Å². The van der Waals surface area contributed by atoms with E-state index in [4.69, 9.17) is 4.74 Å². The summed E-state index contributed by atoms with van der Waals surface area (Å²) in [6, 6.07) is 9.44. The number of rotatable bonds is 6. The molecule has 0 saturated heterocycles. The molecule has 2 amide bonds. The zero-order valence-electron chi connectivity index (χ0n) is 21.0. The Morgan fingerprint density at radius 2 is 1.83 bits per heavy atom. The molecule has 1 aromatic heterocycles. The first-order valence-electron chi connectivity index (χ1n) is 12.8. The van der Waals surface area contributed by atoms with Crippen molar-refractivity contribution in [1.29, 1.82) is 0 Å². The number of amides is 2. The van der Waals surface area contributed by atoms with Crippen molar-refractivity contribution in [2.24, 2.45) is 0 Å². The highest BCUT2D eigenvalue weighted by molar-refractivity contribution is 6.01. The van der Waals surface area contributed by atoms with Gasteiger partial charge in [0, 0.05) is 18.7 Å². The lowest BCUT2D eigenvalue weighted by Gasteiger charge is -2.44. The molecule has 188 valence electrons. The summed E-state index contributed by atoms with van der Waals surface area (Å²) in [7, 11) is 0. The van der Waals surface area contributed by atoms with Crippen LogP contribution in [0.1, 0.15) is 90.9 Å². The van der Waals surface area contributed by atoms with Crippen LogP contribution in [0.5, 0.6) is 0 Å². The zero-order chi connectivity index (χ0) is 25.0. The minimum atomic E-state index is -1.16. The lowest BCUT2D eigenvalue weighted by atomic mass is 9.91. The number of nitrogens with zero attached hydrogens (tertiary/aromatic N) is 3.